The van der Waals surface area contributed by atoms with Crippen molar-refractivity contribution in [2.45, 2.75) is 31.6 Å². The number of phenols is 1. The monoisotopic (exact) mass is 260 g/mol. The van der Waals surface area contributed by atoms with E-state index >= 15 is 0 Å². The third-order valence-corrected chi connectivity index (χ3v) is 3.92. The number of aromatic hydroxyl groups is 1. The molecule has 1 aromatic carbocycles. The minimum Gasteiger partial charge on any atom is -0.508 e. The molecule has 1 aliphatic carbocycles. The van der Waals surface area contributed by atoms with Crippen LogP contribution in [0, 0.1) is 5.92 Å². The predicted octanol–water partition coefficient (Wildman–Crippen LogP) is 2.63. The zero-order valence-corrected chi connectivity index (χ0v) is 10.5. The Bertz CT molecular complexity index is 620. The van der Waals surface area contributed by atoms with Crippen molar-refractivity contribution in [3.63, 3.8) is 0 Å². The third kappa shape index (κ3) is 2.16. The van der Waals surface area contributed by atoms with Crippen LogP contribution in [0.25, 0.3) is 11.0 Å². The molecule has 0 radical (unpaired) electrons. The highest BCUT2D eigenvalue weighted by molar-refractivity contribution is 5.77. The van der Waals surface area contributed by atoms with Crippen LogP contribution in [0.1, 0.15) is 37.4 Å². The number of aliphatic carboxylic acids is 1. The third-order valence-electron chi connectivity index (χ3n) is 3.92. The van der Waals surface area contributed by atoms with Crippen molar-refractivity contribution in [1.82, 2.24) is 9.97 Å². The van der Waals surface area contributed by atoms with Crippen LogP contribution < -0.4 is 0 Å². The van der Waals surface area contributed by atoms with Crippen LogP contribution in [0.5, 0.6) is 5.75 Å². The number of fused-ring (bicyclic) bond motifs is 1. The second-order valence-corrected chi connectivity index (χ2v) is 5.16. The molecule has 0 saturated heterocycles. The van der Waals surface area contributed by atoms with Gasteiger partial charge in [0.15, 0.2) is 0 Å². The molecule has 5 nitrogen and oxygen atoms in total. The summed E-state index contributed by atoms with van der Waals surface area (Å²) in [6.45, 7) is 0. The van der Waals surface area contributed by atoms with Crippen LogP contribution in [0.2, 0.25) is 0 Å². The standard InChI is InChI=1S/C14H16N2O3/c17-8-5-6-11-12(7-8)16-13(15-11)9-3-1-2-4-10(9)14(18)19/h5-7,9-10,17H,1-4H2,(H,15,16)(H,18,19). The second kappa shape index (κ2) is 4.57. The van der Waals surface area contributed by atoms with Crippen LogP contribution in [0.3, 0.4) is 0 Å². The first-order valence-corrected chi connectivity index (χ1v) is 6.56. The quantitative estimate of drug-likeness (QED) is 0.774. The highest BCUT2D eigenvalue weighted by Gasteiger charge is 2.33. The number of carboxylic acid groups (broad SMARTS) is 1. The number of aromatic amines is 1. The van der Waals surface area contributed by atoms with Crippen molar-refractivity contribution in [2.24, 2.45) is 5.92 Å². The van der Waals surface area contributed by atoms with Crippen molar-refractivity contribution in [3.8, 4) is 5.75 Å². The topological polar surface area (TPSA) is 86.2 Å². The maximum atomic E-state index is 11.3. The van der Waals surface area contributed by atoms with E-state index in [2.05, 4.69) is 9.97 Å². The molecule has 2 aromatic rings. The Hall–Kier alpha value is -2.04. The van der Waals surface area contributed by atoms with Crippen LogP contribution >= 0.6 is 0 Å². The van der Waals surface area contributed by atoms with Crippen molar-refractivity contribution in [3.05, 3.63) is 24.0 Å². The molecule has 19 heavy (non-hydrogen) atoms. The van der Waals surface area contributed by atoms with Gasteiger partial charge in [0.1, 0.15) is 11.6 Å². The van der Waals surface area contributed by atoms with Crippen molar-refractivity contribution < 1.29 is 15.0 Å². The van der Waals surface area contributed by atoms with Gasteiger partial charge in [0, 0.05) is 12.0 Å². The fourth-order valence-electron chi connectivity index (χ4n) is 2.95. The van der Waals surface area contributed by atoms with E-state index in [9.17, 15) is 15.0 Å². The number of H-pyrrole nitrogens is 1. The second-order valence-electron chi connectivity index (χ2n) is 5.16. The molecular formula is C14H16N2O3. The summed E-state index contributed by atoms with van der Waals surface area (Å²) in [6, 6.07) is 4.94. The molecule has 1 aliphatic rings. The van der Waals surface area contributed by atoms with Gasteiger partial charge in [-0.3, -0.25) is 4.79 Å². The first kappa shape index (κ1) is 12.0. The molecule has 0 spiro atoms. The van der Waals surface area contributed by atoms with Gasteiger partial charge in [-0.05, 0) is 25.0 Å². The molecule has 2 unspecified atom stereocenters. The summed E-state index contributed by atoms with van der Waals surface area (Å²) in [5.74, 6) is -0.245. The Morgan fingerprint density at radius 1 is 1.32 bits per heavy atom. The Labute approximate surface area is 110 Å². The molecule has 3 N–H and O–H groups in total. The Balaban J connectivity index is 1.99. The van der Waals surface area contributed by atoms with E-state index in [0.29, 0.717) is 6.42 Å². The lowest BCUT2D eigenvalue weighted by atomic mass is 9.79. The van der Waals surface area contributed by atoms with Crippen LogP contribution in [-0.4, -0.2) is 26.2 Å². The number of phenolic OH excluding ortho intramolecular Hbond substituents is 1. The van der Waals surface area contributed by atoms with E-state index in [4.69, 9.17) is 0 Å². The molecule has 100 valence electrons. The number of hydrogen-bond acceptors (Lipinski definition) is 3. The molecule has 1 heterocycles. The summed E-state index contributed by atoms with van der Waals surface area (Å²) in [7, 11) is 0. The molecule has 5 heteroatoms. The summed E-state index contributed by atoms with van der Waals surface area (Å²) >= 11 is 0. The number of nitrogens with zero attached hydrogens (tertiary/aromatic N) is 1. The first-order chi connectivity index (χ1) is 9.15. The van der Waals surface area contributed by atoms with E-state index in [1.54, 1.807) is 18.2 Å². The summed E-state index contributed by atoms with van der Waals surface area (Å²) in [4.78, 5) is 19.0. The zero-order valence-electron chi connectivity index (χ0n) is 10.5. The minimum absolute atomic E-state index is 0.0548. The van der Waals surface area contributed by atoms with Crippen LogP contribution in [0.4, 0.5) is 0 Å². The molecule has 0 aliphatic heterocycles. The predicted molar refractivity (Wildman–Crippen MR) is 70.1 cm³/mol. The summed E-state index contributed by atoms with van der Waals surface area (Å²) in [6.07, 6.45) is 3.57. The van der Waals surface area contributed by atoms with Gasteiger partial charge in [-0.15, -0.1) is 0 Å². The Morgan fingerprint density at radius 2 is 2.11 bits per heavy atom. The normalized spacial score (nSPS) is 23.6. The Kier molecular flexibility index (Phi) is 2.89. The van der Waals surface area contributed by atoms with Gasteiger partial charge in [-0.1, -0.05) is 12.8 Å². The molecule has 1 saturated carbocycles. The zero-order chi connectivity index (χ0) is 13.4. The van der Waals surface area contributed by atoms with Crippen LogP contribution in [0.15, 0.2) is 18.2 Å². The van der Waals surface area contributed by atoms with Crippen molar-refractivity contribution >= 4 is 17.0 Å². The van der Waals surface area contributed by atoms with Gasteiger partial charge in [0.05, 0.1) is 17.0 Å². The van der Waals surface area contributed by atoms with E-state index in [1.165, 1.54) is 0 Å². The fourth-order valence-corrected chi connectivity index (χ4v) is 2.95. The molecular weight excluding hydrogens is 244 g/mol. The van der Waals surface area contributed by atoms with E-state index in [1.807, 2.05) is 0 Å². The summed E-state index contributed by atoms with van der Waals surface area (Å²) in [5, 5.41) is 18.8. The van der Waals surface area contributed by atoms with E-state index in [-0.39, 0.29) is 17.6 Å². The van der Waals surface area contributed by atoms with Gasteiger partial charge in [-0.2, -0.15) is 0 Å². The number of carboxylic acids is 1. The van der Waals surface area contributed by atoms with Gasteiger partial charge >= 0.3 is 5.97 Å². The van der Waals surface area contributed by atoms with Crippen molar-refractivity contribution in [2.75, 3.05) is 0 Å². The average molecular weight is 260 g/mol. The van der Waals surface area contributed by atoms with Crippen molar-refractivity contribution in [1.29, 1.82) is 0 Å². The highest BCUT2D eigenvalue weighted by atomic mass is 16.4. The minimum atomic E-state index is -0.743. The van der Waals surface area contributed by atoms with Crippen LogP contribution in [-0.2, 0) is 4.79 Å². The van der Waals surface area contributed by atoms with Gasteiger partial charge < -0.3 is 15.2 Å². The van der Waals surface area contributed by atoms with Gasteiger partial charge in [0.25, 0.3) is 0 Å². The van der Waals surface area contributed by atoms with Gasteiger partial charge in [0.2, 0.25) is 0 Å². The lowest BCUT2D eigenvalue weighted by Gasteiger charge is -2.26. The van der Waals surface area contributed by atoms with E-state index < -0.39 is 5.97 Å². The first-order valence-electron chi connectivity index (χ1n) is 6.56. The van der Waals surface area contributed by atoms with E-state index in [0.717, 1.165) is 36.1 Å². The number of aromatic nitrogens is 2. The molecule has 3 rings (SSSR count). The maximum Gasteiger partial charge on any atom is 0.307 e. The number of nitrogens with one attached hydrogen (secondary N) is 1. The maximum absolute atomic E-state index is 11.3. The largest absolute Gasteiger partial charge is 0.508 e. The summed E-state index contributed by atoms with van der Waals surface area (Å²) < 4.78 is 0. The fraction of sp³-hybridized carbons (Fsp3) is 0.429. The van der Waals surface area contributed by atoms with Gasteiger partial charge in [-0.25, -0.2) is 4.98 Å². The molecule has 1 aromatic heterocycles. The molecule has 0 amide bonds. The smallest absolute Gasteiger partial charge is 0.307 e. The Morgan fingerprint density at radius 3 is 2.89 bits per heavy atom. The average Bonchev–Trinajstić information content (AvgIpc) is 2.81. The SMILES string of the molecule is O=C(O)C1CCCCC1c1nc2ccc(O)cc2[nH]1. The number of benzene rings is 1. The summed E-state index contributed by atoms with van der Waals surface area (Å²) in [5.41, 5.74) is 1.52. The number of rotatable bonds is 2. The molecule has 2 atom stereocenters. The molecule has 1 fully saturated rings. The number of hydrogen-bond donors (Lipinski definition) is 3. The lowest BCUT2D eigenvalue weighted by Crippen LogP contribution is -2.26. The molecule has 0 bridgehead atoms. The number of imidazole rings is 1. The highest BCUT2D eigenvalue weighted by Crippen LogP contribution is 2.37. The lowest BCUT2D eigenvalue weighted by molar-refractivity contribution is -0.143. The number of carbonyl (C=O) groups is 1.